The van der Waals surface area contributed by atoms with Gasteiger partial charge in [0.25, 0.3) is 0 Å². The molecule has 0 amide bonds. The summed E-state index contributed by atoms with van der Waals surface area (Å²) in [5.74, 6) is -2.71. The molecule has 0 spiro atoms. The average molecular weight is 545 g/mol. The van der Waals surface area contributed by atoms with Gasteiger partial charge in [0.05, 0.1) is 32.3 Å². The van der Waals surface area contributed by atoms with Crippen LogP contribution in [0.2, 0.25) is 0 Å². The van der Waals surface area contributed by atoms with Crippen molar-refractivity contribution in [2.75, 3.05) is 20.8 Å². The molecule has 1 atom stereocenters. The van der Waals surface area contributed by atoms with Gasteiger partial charge in [0.1, 0.15) is 0 Å². The van der Waals surface area contributed by atoms with Crippen LogP contribution in [0.3, 0.4) is 0 Å². The Labute approximate surface area is 234 Å². The van der Waals surface area contributed by atoms with E-state index in [1.165, 1.54) is 57.6 Å². The smallest absolute Gasteiger partial charge is 0.334 e. The summed E-state index contributed by atoms with van der Waals surface area (Å²) in [5.41, 5.74) is 1.16. The number of carboxylic acid groups (broad SMARTS) is 1. The van der Waals surface area contributed by atoms with Crippen molar-refractivity contribution in [3.05, 3.63) is 59.2 Å². The lowest BCUT2D eigenvalue weighted by atomic mass is 9.99. The van der Waals surface area contributed by atoms with Crippen molar-refractivity contribution in [3.63, 3.8) is 0 Å². The van der Waals surface area contributed by atoms with Crippen LogP contribution in [0.15, 0.2) is 53.6 Å². The van der Waals surface area contributed by atoms with E-state index in [2.05, 4.69) is 48.1 Å². The quantitative estimate of drug-likeness (QED) is 0.0698. The Hall–Kier alpha value is -2.93. The van der Waals surface area contributed by atoms with Crippen molar-refractivity contribution in [2.24, 2.45) is 0 Å². The molecule has 7 nitrogen and oxygen atoms in total. The lowest BCUT2D eigenvalue weighted by Gasteiger charge is -2.13. The second-order valence-corrected chi connectivity index (χ2v) is 9.77. The molecule has 1 aromatic carbocycles. The second-order valence-electron chi connectivity index (χ2n) is 9.77. The van der Waals surface area contributed by atoms with Gasteiger partial charge in [-0.05, 0) is 51.0 Å². The SMILES string of the molecule is COC(=O)C(CCCC=CCCCCCCCCCCCOC(C)c1ccccc1)=C(CC(=O)O)C(=O)OC. The molecule has 1 rings (SSSR count). The zero-order valence-electron chi connectivity index (χ0n) is 24.1. The molecule has 39 heavy (non-hydrogen) atoms. The first-order chi connectivity index (χ1) is 18.9. The van der Waals surface area contributed by atoms with Gasteiger partial charge >= 0.3 is 17.9 Å². The fourth-order valence-electron chi connectivity index (χ4n) is 4.39. The molecule has 0 aliphatic rings. The number of hydrogen-bond donors (Lipinski definition) is 1. The number of carbonyl (C=O) groups is 3. The molecule has 1 N–H and O–H groups in total. The summed E-state index contributed by atoms with van der Waals surface area (Å²) in [5, 5.41) is 9.08. The summed E-state index contributed by atoms with van der Waals surface area (Å²) in [6, 6.07) is 10.4. The van der Waals surface area contributed by atoms with Gasteiger partial charge in [0, 0.05) is 12.2 Å². The molecule has 0 aromatic heterocycles. The van der Waals surface area contributed by atoms with Gasteiger partial charge in [-0.15, -0.1) is 0 Å². The maximum atomic E-state index is 12.1. The normalized spacial score (nSPS) is 12.7. The molecule has 1 unspecified atom stereocenters. The monoisotopic (exact) mass is 544 g/mol. The molecule has 7 heteroatoms. The molecule has 1 aromatic rings. The maximum Gasteiger partial charge on any atom is 0.334 e. The molecule has 218 valence electrons. The average Bonchev–Trinajstić information content (AvgIpc) is 2.95. The Morgan fingerprint density at radius 2 is 1.26 bits per heavy atom. The van der Waals surface area contributed by atoms with E-state index in [0.29, 0.717) is 6.42 Å². The highest BCUT2D eigenvalue weighted by Gasteiger charge is 2.24. The molecule has 0 aliphatic heterocycles. The van der Waals surface area contributed by atoms with Gasteiger partial charge in [-0.3, -0.25) is 4.79 Å². The molecular weight excluding hydrogens is 496 g/mol. The van der Waals surface area contributed by atoms with E-state index in [0.717, 1.165) is 39.4 Å². The van der Waals surface area contributed by atoms with Crippen molar-refractivity contribution in [2.45, 2.75) is 103 Å². The Kier molecular flexibility index (Phi) is 19.2. The molecule has 0 saturated heterocycles. The van der Waals surface area contributed by atoms with Gasteiger partial charge < -0.3 is 19.3 Å². The van der Waals surface area contributed by atoms with Crippen LogP contribution in [0.4, 0.5) is 0 Å². The van der Waals surface area contributed by atoms with Crippen molar-refractivity contribution in [3.8, 4) is 0 Å². The maximum absolute atomic E-state index is 12.1. The number of esters is 2. The number of unbranched alkanes of at least 4 members (excludes halogenated alkanes) is 10. The third kappa shape index (κ3) is 15.9. The summed E-state index contributed by atoms with van der Waals surface area (Å²) >= 11 is 0. The molecule has 0 heterocycles. The standard InChI is InChI=1S/C32H48O7/c1-26(27-21-17-16-18-22-27)39-24-20-15-13-11-9-7-5-4-6-8-10-12-14-19-23-28(31(35)37-2)29(25-30(33)34)32(36)38-3/h10,12,16-18,21-22,26H,4-9,11,13-15,19-20,23-25H2,1-3H3,(H,33,34). The Bertz CT molecular complexity index is 889. The van der Waals surface area contributed by atoms with Gasteiger partial charge in [0.2, 0.25) is 0 Å². The third-order valence-corrected chi connectivity index (χ3v) is 6.67. The van der Waals surface area contributed by atoms with E-state index < -0.39 is 24.3 Å². The number of carbonyl (C=O) groups excluding carboxylic acids is 2. The minimum absolute atomic E-state index is 0.0751. The molecule has 0 saturated carbocycles. The van der Waals surface area contributed by atoms with E-state index in [1.807, 2.05) is 6.07 Å². The van der Waals surface area contributed by atoms with Gasteiger partial charge in [0.15, 0.2) is 0 Å². The first kappa shape index (κ1) is 34.1. The van der Waals surface area contributed by atoms with Gasteiger partial charge in [-0.25, -0.2) is 9.59 Å². The van der Waals surface area contributed by atoms with Crippen LogP contribution >= 0.6 is 0 Å². The lowest BCUT2D eigenvalue weighted by molar-refractivity contribution is -0.142. The van der Waals surface area contributed by atoms with Gasteiger partial charge in [-0.1, -0.05) is 87.4 Å². The molecule has 0 aliphatic carbocycles. The largest absolute Gasteiger partial charge is 0.481 e. The number of hydrogen-bond acceptors (Lipinski definition) is 6. The van der Waals surface area contributed by atoms with Crippen LogP contribution in [0.25, 0.3) is 0 Å². The number of ether oxygens (including phenoxy) is 3. The first-order valence-corrected chi connectivity index (χ1v) is 14.3. The van der Waals surface area contributed by atoms with E-state index in [1.54, 1.807) is 0 Å². The van der Waals surface area contributed by atoms with Crippen LogP contribution < -0.4 is 0 Å². The Balaban J connectivity index is 2.07. The minimum atomic E-state index is -1.20. The van der Waals surface area contributed by atoms with Crippen molar-refractivity contribution >= 4 is 17.9 Å². The number of methoxy groups -OCH3 is 2. The summed E-state index contributed by atoms with van der Waals surface area (Å²) in [6.45, 7) is 2.94. The fraction of sp³-hybridized carbons (Fsp3) is 0.594. The zero-order chi connectivity index (χ0) is 28.7. The topological polar surface area (TPSA) is 99.1 Å². The lowest BCUT2D eigenvalue weighted by Crippen LogP contribution is -2.17. The predicted octanol–water partition coefficient (Wildman–Crippen LogP) is 7.51. The van der Waals surface area contributed by atoms with E-state index in [-0.39, 0.29) is 23.7 Å². The highest BCUT2D eigenvalue weighted by atomic mass is 16.5. The summed E-state index contributed by atoms with van der Waals surface area (Å²) in [6.07, 6.45) is 17.6. The Morgan fingerprint density at radius 3 is 1.82 bits per heavy atom. The van der Waals surface area contributed by atoms with Crippen LogP contribution in [-0.2, 0) is 28.6 Å². The third-order valence-electron chi connectivity index (χ3n) is 6.67. The summed E-state index contributed by atoms with van der Waals surface area (Å²) in [4.78, 5) is 35.2. The highest BCUT2D eigenvalue weighted by Crippen LogP contribution is 2.20. The van der Waals surface area contributed by atoms with Crippen molar-refractivity contribution in [1.82, 2.24) is 0 Å². The highest BCUT2D eigenvalue weighted by molar-refractivity contribution is 6.02. The van der Waals surface area contributed by atoms with E-state index in [4.69, 9.17) is 14.6 Å². The second kappa shape index (κ2) is 21.9. The number of carboxylic acids is 1. The van der Waals surface area contributed by atoms with E-state index in [9.17, 15) is 14.4 Å². The molecule has 0 bridgehead atoms. The van der Waals surface area contributed by atoms with Crippen LogP contribution in [-0.4, -0.2) is 43.8 Å². The fourth-order valence-corrected chi connectivity index (χ4v) is 4.39. The van der Waals surface area contributed by atoms with Crippen molar-refractivity contribution < 1.29 is 33.7 Å². The van der Waals surface area contributed by atoms with Crippen LogP contribution in [0, 0.1) is 0 Å². The number of benzene rings is 1. The van der Waals surface area contributed by atoms with E-state index >= 15 is 0 Å². The number of rotatable bonds is 22. The van der Waals surface area contributed by atoms with Crippen LogP contribution in [0.5, 0.6) is 0 Å². The molecular formula is C32H48O7. The molecule has 0 fully saturated rings. The molecule has 0 radical (unpaired) electrons. The van der Waals surface area contributed by atoms with Gasteiger partial charge in [-0.2, -0.15) is 0 Å². The summed E-state index contributed by atoms with van der Waals surface area (Å²) < 4.78 is 15.3. The minimum Gasteiger partial charge on any atom is -0.481 e. The van der Waals surface area contributed by atoms with Crippen molar-refractivity contribution in [1.29, 1.82) is 0 Å². The predicted molar refractivity (Wildman–Crippen MR) is 153 cm³/mol. The number of allylic oxidation sites excluding steroid dienone is 2. The number of aliphatic carboxylic acids is 1. The summed E-state index contributed by atoms with van der Waals surface area (Å²) in [7, 11) is 2.37. The van der Waals surface area contributed by atoms with Crippen LogP contribution in [0.1, 0.15) is 108 Å². The Morgan fingerprint density at radius 1 is 0.744 bits per heavy atom. The first-order valence-electron chi connectivity index (χ1n) is 14.3. The zero-order valence-corrected chi connectivity index (χ0v) is 24.1.